The quantitative estimate of drug-likeness (QED) is 0.627. The number of rotatable bonds is 4. The summed E-state index contributed by atoms with van der Waals surface area (Å²) < 4.78 is 38.0. The molecule has 2 fully saturated rings. The van der Waals surface area contributed by atoms with Crippen LogP contribution in [0, 0.1) is 5.82 Å². The Hall–Kier alpha value is -1.52. The Morgan fingerprint density at radius 3 is 2.47 bits per heavy atom. The topological polar surface area (TPSA) is 63.6 Å². The minimum Gasteiger partial charge on any atom is -0.223 e. The Morgan fingerprint density at radius 2 is 2.00 bits per heavy atom. The average molecular weight is 281 g/mol. The molecule has 0 radical (unpaired) electrons. The Bertz CT molecular complexity index is 684. The molecule has 4 nitrogen and oxygen atoms in total. The van der Waals surface area contributed by atoms with Crippen LogP contribution >= 0.6 is 0 Å². The van der Waals surface area contributed by atoms with Crippen LogP contribution in [-0.4, -0.2) is 19.7 Å². The first-order valence-corrected chi connectivity index (χ1v) is 7.67. The van der Waals surface area contributed by atoms with Crippen molar-refractivity contribution in [3.8, 4) is 0 Å². The van der Waals surface area contributed by atoms with Crippen molar-refractivity contribution >= 4 is 15.9 Å². The summed E-state index contributed by atoms with van der Waals surface area (Å²) in [5.41, 5.74) is -0.132. The van der Waals surface area contributed by atoms with Gasteiger partial charge in [0.15, 0.2) is 9.84 Å². The smallest absolute Gasteiger partial charge is 0.223 e. The fourth-order valence-electron chi connectivity index (χ4n) is 2.25. The highest BCUT2D eigenvalue weighted by atomic mass is 32.2. The van der Waals surface area contributed by atoms with Gasteiger partial charge in [0.05, 0.1) is 10.8 Å². The van der Waals surface area contributed by atoms with Crippen LogP contribution in [0.4, 0.5) is 4.39 Å². The molecule has 0 atom stereocenters. The van der Waals surface area contributed by atoms with Crippen molar-refractivity contribution in [1.82, 2.24) is 0 Å². The number of hydrogen-bond acceptors (Lipinski definition) is 4. The molecule has 0 spiro atoms. The predicted octanol–water partition coefficient (Wildman–Crippen LogP) is 2.09. The zero-order valence-electron chi connectivity index (χ0n) is 10.1. The summed E-state index contributed by atoms with van der Waals surface area (Å²) in [7, 11) is -3.53. The Morgan fingerprint density at radius 1 is 1.32 bits per heavy atom. The monoisotopic (exact) mass is 281 g/mol. The summed E-state index contributed by atoms with van der Waals surface area (Å²) in [5.74, 6) is -0.753. The lowest BCUT2D eigenvalue weighted by molar-refractivity contribution is 0.551. The highest BCUT2D eigenvalue weighted by Crippen LogP contribution is 2.49. The maximum absolute atomic E-state index is 14.0. The van der Waals surface area contributed by atoms with E-state index in [4.69, 9.17) is 0 Å². The zero-order valence-corrected chi connectivity index (χ0v) is 10.9. The van der Waals surface area contributed by atoms with Gasteiger partial charge in [0.25, 0.3) is 0 Å². The summed E-state index contributed by atoms with van der Waals surface area (Å²) in [6.45, 7) is 0. The van der Waals surface area contributed by atoms with Crippen LogP contribution in [-0.2, 0) is 20.2 Å². The molecule has 2 saturated carbocycles. The van der Waals surface area contributed by atoms with Crippen molar-refractivity contribution in [3.63, 3.8) is 0 Å². The molecule has 0 heterocycles. The third kappa shape index (κ3) is 2.01. The number of benzene rings is 1. The first-order chi connectivity index (χ1) is 8.99. The number of halogens is 1. The number of nitrogens with zero attached hydrogens (tertiary/aromatic N) is 1. The highest BCUT2D eigenvalue weighted by Gasteiger charge is 2.46. The van der Waals surface area contributed by atoms with E-state index in [-0.39, 0.29) is 4.90 Å². The molecule has 3 rings (SSSR count). The number of aliphatic imine (C=N–C) groups is 1. The second-order valence-electron chi connectivity index (χ2n) is 5.12. The van der Waals surface area contributed by atoms with Gasteiger partial charge < -0.3 is 0 Å². The molecule has 19 heavy (non-hydrogen) atoms. The van der Waals surface area contributed by atoms with Crippen LogP contribution in [0.1, 0.15) is 31.2 Å². The molecule has 1 aromatic carbocycles. The summed E-state index contributed by atoms with van der Waals surface area (Å²) in [4.78, 5) is 13.8. The van der Waals surface area contributed by atoms with E-state index in [1.807, 2.05) is 0 Å². The van der Waals surface area contributed by atoms with Gasteiger partial charge in [-0.2, -0.15) is 4.99 Å². The molecule has 0 saturated heterocycles. The lowest BCUT2D eigenvalue weighted by Crippen LogP contribution is -2.11. The molecule has 2 aliphatic rings. The van der Waals surface area contributed by atoms with Crippen molar-refractivity contribution in [2.45, 2.75) is 41.4 Å². The zero-order chi connectivity index (χ0) is 13.7. The number of sulfone groups is 1. The summed E-state index contributed by atoms with van der Waals surface area (Å²) >= 11 is 0. The van der Waals surface area contributed by atoms with Crippen molar-refractivity contribution < 1.29 is 17.6 Å². The first kappa shape index (κ1) is 12.5. The van der Waals surface area contributed by atoms with E-state index in [9.17, 15) is 17.6 Å². The van der Waals surface area contributed by atoms with Crippen LogP contribution < -0.4 is 0 Å². The van der Waals surface area contributed by atoms with Gasteiger partial charge in [0, 0.05) is 0 Å². The summed E-state index contributed by atoms with van der Waals surface area (Å²) in [6, 6.07) is 4.02. The molecule has 0 aliphatic heterocycles. The van der Waals surface area contributed by atoms with Crippen LogP contribution in [0.2, 0.25) is 0 Å². The van der Waals surface area contributed by atoms with E-state index < -0.39 is 26.4 Å². The molecule has 0 aromatic heterocycles. The van der Waals surface area contributed by atoms with E-state index in [1.165, 1.54) is 18.2 Å². The van der Waals surface area contributed by atoms with Gasteiger partial charge in [-0.05, 0) is 43.4 Å². The van der Waals surface area contributed by atoms with Crippen molar-refractivity contribution in [2.24, 2.45) is 4.99 Å². The van der Waals surface area contributed by atoms with Crippen LogP contribution in [0.3, 0.4) is 0 Å². The maximum atomic E-state index is 14.0. The molecule has 1 aromatic rings. The third-order valence-corrected chi connectivity index (χ3v) is 6.02. The van der Waals surface area contributed by atoms with Crippen molar-refractivity contribution in [2.75, 3.05) is 0 Å². The standard InChI is InChI=1S/C13H12FNO3S/c14-11-7-9(13(5-6-13)15-8-16)1-4-12(11)19(17,18)10-2-3-10/h1,4,7,10H,2-3,5-6H2. The lowest BCUT2D eigenvalue weighted by atomic mass is 10.1. The number of isocyanates is 1. The predicted molar refractivity (Wildman–Crippen MR) is 65.6 cm³/mol. The average Bonchev–Trinajstić information content (AvgIpc) is 3.23. The van der Waals surface area contributed by atoms with Crippen LogP contribution in [0.15, 0.2) is 28.1 Å². The molecular formula is C13H12FNO3S. The van der Waals surface area contributed by atoms with Gasteiger partial charge in [0.1, 0.15) is 10.7 Å². The number of hydrogen-bond donors (Lipinski definition) is 0. The second kappa shape index (κ2) is 3.99. The van der Waals surface area contributed by atoms with E-state index in [2.05, 4.69) is 4.99 Å². The molecule has 2 aliphatic carbocycles. The van der Waals surface area contributed by atoms with Crippen LogP contribution in [0.25, 0.3) is 0 Å². The minimum atomic E-state index is -3.53. The Balaban J connectivity index is 2.01. The molecule has 6 heteroatoms. The SMILES string of the molecule is O=C=NC1(c2ccc(S(=O)(=O)C3CC3)c(F)c2)CC1. The van der Waals surface area contributed by atoms with Gasteiger partial charge in [-0.1, -0.05) is 6.07 Å². The van der Waals surface area contributed by atoms with Gasteiger partial charge in [-0.25, -0.2) is 17.6 Å². The molecule has 0 amide bonds. The highest BCUT2D eigenvalue weighted by molar-refractivity contribution is 7.92. The minimum absolute atomic E-state index is 0.246. The van der Waals surface area contributed by atoms with E-state index in [0.29, 0.717) is 31.2 Å². The number of carbonyl (C=O) groups excluding carboxylic acids is 1. The van der Waals surface area contributed by atoms with Gasteiger partial charge >= 0.3 is 0 Å². The second-order valence-corrected chi connectivity index (χ2v) is 7.32. The molecule has 0 unspecified atom stereocenters. The first-order valence-electron chi connectivity index (χ1n) is 6.13. The van der Waals surface area contributed by atoms with Gasteiger partial charge in [0.2, 0.25) is 6.08 Å². The Labute approximate surface area is 110 Å². The molecular weight excluding hydrogens is 269 g/mol. The van der Waals surface area contributed by atoms with Gasteiger partial charge in [-0.3, -0.25) is 0 Å². The Kier molecular flexibility index (Phi) is 2.62. The largest absolute Gasteiger partial charge is 0.235 e. The maximum Gasteiger partial charge on any atom is 0.235 e. The van der Waals surface area contributed by atoms with Crippen molar-refractivity contribution in [1.29, 1.82) is 0 Å². The fourth-order valence-corrected chi connectivity index (χ4v) is 3.95. The van der Waals surface area contributed by atoms with Crippen LogP contribution in [0.5, 0.6) is 0 Å². The molecule has 100 valence electrons. The third-order valence-electron chi connectivity index (χ3n) is 3.72. The molecule has 0 N–H and O–H groups in total. The lowest BCUT2D eigenvalue weighted by Gasteiger charge is -2.10. The fraction of sp³-hybridized carbons (Fsp3) is 0.462. The van der Waals surface area contributed by atoms with E-state index in [0.717, 1.165) is 0 Å². The summed E-state index contributed by atoms with van der Waals surface area (Å²) in [5, 5.41) is -0.435. The van der Waals surface area contributed by atoms with E-state index in [1.54, 1.807) is 6.07 Å². The van der Waals surface area contributed by atoms with Crippen molar-refractivity contribution in [3.05, 3.63) is 29.6 Å². The normalized spacial score (nSPS) is 20.7. The van der Waals surface area contributed by atoms with E-state index >= 15 is 0 Å². The summed E-state index contributed by atoms with van der Waals surface area (Å²) in [6.07, 6.45) is 4.02. The van der Waals surface area contributed by atoms with Gasteiger partial charge in [-0.15, -0.1) is 0 Å². The molecule has 0 bridgehead atoms.